The van der Waals surface area contributed by atoms with Gasteiger partial charge in [-0.15, -0.1) is 0 Å². The van der Waals surface area contributed by atoms with Gasteiger partial charge in [0.15, 0.2) is 12.4 Å². The zero-order valence-electron chi connectivity index (χ0n) is 15.0. The van der Waals surface area contributed by atoms with Crippen molar-refractivity contribution in [2.45, 2.75) is 26.3 Å². The van der Waals surface area contributed by atoms with Gasteiger partial charge in [-0.2, -0.15) is 4.98 Å². The summed E-state index contributed by atoms with van der Waals surface area (Å²) in [5, 5.41) is 7.10. The molecule has 0 aliphatic carbocycles. The first kappa shape index (κ1) is 19.2. The molecule has 1 saturated heterocycles. The van der Waals surface area contributed by atoms with Gasteiger partial charge in [-0.3, -0.25) is 9.59 Å². The maximum atomic E-state index is 12.3. The van der Waals surface area contributed by atoms with Gasteiger partial charge in [0.1, 0.15) is 5.75 Å². The lowest BCUT2D eigenvalue weighted by Gasteiger charge is -2.31. The van der Waals surface area contributed by atoms with Crippen molar-refractivity contribution in [2.24, 2.45) is 5.92 Å². The normalized spacial score (nSPS) is 14.8. The molecule has 2 aromatic rings. The first-order chi connectivity index (χ1) is 13.0. The van der Waals surface area contributed by atoms with E-state index in [1.807, 2.05) is 0 Å². The number of aryl methyl sites for hydroxylation is 1. The second-order valence-electron chi connectivity index (χ2n) is 6.35. The zero-order valence-corrected chi connectivity index (χ0v) is 15.7. The quantitative estimate of drug-likeness (QED) is 0.807. The van der Waals surface area contributed by atoms with Gasteiger partial charge in [0.2, 0.25) is 11.8 Å². The standard InChI is InChI=1S/C18H21ClN4O4/c1-12-21-16(27-22-12)10-20-18(25)13-6-8-23(9-7-13)17(24)11-26-15-4-2-14(19)3-5-15/h2-5,13H,6-11H2,1H3,(H,20,25). The Kier molecular flexibility index (Phi) is 6.28. The second kappa shape index (κ2) is 8.85. The number of carbonyl (C=O) groups is 2. The molecule has 27 heavy (non-hydrogen) atoms. The fourth-order valence-corrected chi connectivity index (χ4v) is 3.00. The van der Waals surface area contributed by atoms with Gasteiger partial charge in [-0.05, 0) is 44.0 Å². The van der Waals surface area contributed by atoms with Crippen LogP contribution in [-0.4, -0.2) is 46.6 Å². The average molecular weight is 393 g/mol. The number of benzene rings is 1. The first-order valence-corrected chi connectivity index (χ1v) is 9.12. The van der Waals surface area contributed by atoms with Crippen LogP contribution in [-0.2, 0) is 16.1 Å². The van der Waals surface area contributed by atoms with Gasteiger partial charge in [-0.25, -0.2) is 0 Å². The van der Waals surface area contributed by atoms with Crippen LogP contribution in [0, 0.1) is 12.8 Å². The second-order valence-corrected chi connectivity index (χ2v) is 6.79. The third-order valence-electron chi connectivity index (χ3n) is 4.38. The van der Waals surface area contributed by atoms with Crippen molar-refractivity contribution in [3.05, 3.63) is 41.0 Å². The first-order valence-electron chi connectivity index (χ1n) is 8.74. The lowest BCUT2D eigenvalue weighted by Crippen LogP contribution is -2.44. The lowest BCUT2D eigenvalue weighted by molar-refractivity contribution is -0.137. The Morgan fingerprint density at radius 3 is 2.63 bits per heavy atom. The van der Waals surface area contributed by atoms with Gasteiger partial charge >= 0.3 is 0 Å². The predicted octanol–water partition coefficient (Wildman–Crippen LogP) is 1.97. The molecule has 0 atom stereocenters. The van der Waals surface area contributed by atoms with E-state index in [1.54, 1.807) is 36.1 Å². The Morgan fingerprint density at radius 1 is 1.30 bits per heavy atom. The van der Waals surface area contributed by atoms with Crippen LogP contribution in [0.2, 0.25) is 5.02 Å². The molecule has 9 heteroatoms. The number of ether oxygens (including phenoxy) is 1. The Bertz CT molecular complexity index is 785. The molecule has 8 nitrogen and oxygen atoms in total. The van der Waals surface area contributed by atoms with E-state index in [-0.39, 0.29) is 30.9 Å². The summed E-state index contributed by atoms with van der Waals surface area (Å²) in [4.78, 5) is 30.3. The summed E-state index contributed by atoms with van der Waals surface area (Å²) in [6, 6.07) is 6.86. The minimum Gasteiger partial charge on any atom is -0.484 e. The SMILES string of the molecule is Cc1noc(CNC(=O)C2CCN(C(=O)COc3ccc(Cl)cc3)CC2)n1. The molecule has 1 fully saturated rings. The summed E-state index contributed by atoms with van der Waals surface area (Å²) in [7, 11) is 0. The van der Waals surface area contributed by atoms with Gasteiger partial charge in [-0.1, -0.05) is 16.8 Å². The number of nitrogens with one attached hydrogen (secondary N) is 1. The number of rotatable bonds is 6. The molecule has 1 aliphatic heterocycles. The van der Waals surface area contributed by atoms with Crippen LogP contribution in [0.3, 0.4) is 0 Å². The number of nitrogens with zero attached hydrogens (tertiary/aromatic N) is 3. The fourth-order valence-electron chi connectivity index (χ4n) is 2.88. The minimum absolute atomic E-state index is 0.0327. The summed E-state index contributed by atoms with van der Waals surface area (Å²) in [5.74, 6) is 1.23. The number of aromatic nitrogens is 2. The van der Waals surface area contributed by atoms with E-state index < -0.39 is 0 Å². The maximum absolute atomic E-state index is 12.3. The molecule has 1 aromatic carbocycles. The van der Waals surface area contributed by atoms with Crippen LogP contribution in [0.1, 0.15) is 24.6 Å². The predicted molar refractivity (Wildman–Crippen MR) is 97.1 cm³/mol. The molecule has 0 radical (unpaired) electrons. The van der Waals surface area contributed by atoms with Crippen molar-refractivity contribution in [3.63, 3.8) is 0 Å². The van der Waals surface area contributed by atoms with Crippen molar-refractivity contribution in [1.82, 2.24) is 20.4 Å². The summed E-state index contributed by atoms with van der Waals surface area (Å²) in [6.07, 6.45) is 1.22. The van der Waals surface area contributed by atoms with Crippen LogP contribution >= 0.6 is 11.6 Å². The molecule has 3 rings (SSSR count). The Labute approximate surface area is 161 Å². The number of piperidine rings is 1. The third kappa shape index (κ3) is 5.43. The highest BCUT2D eigenvalue weighted by Gasteiger charge is 2.27. The smallest absolute Gasteiger partial charge is 0.260 e. The van der Waals surface area contributed by atoms with Crippen LogP contribution in [0.15, 0.2) is 28.8 Å². The molecule has 2 amide bonds. The molecule has 0 bridgehead atoms. The largest absolute Gasteiger partial charge is 0.484 e. The summed E-state index contributed by atoms with van der Waals surface area (Å²) >= 11 is 5.82. The monoisotopic (exact) mass is 392 g/mol. The van der Waals surface area contributed by atoms with E-state index in [9.17, 15) is 9.59 Å². The molecule has 1 N–H and O–H groups in total. The topological polar surface area (TPSA) is 97.6 Å². The molecular formula is C18H21ClN4O4. The van der Waals surface area contributed by atoms with E-state index in [0.717, 1.165) is 0 Å². The van der Waals surface area contributed by atoms with Crippen molar-refractivity contribution < 1.29 is 18.8 Å². The highest BCUT2D eigenvalue weighted by molar-refractivity contribution is 6.30. The van der Waals surface area contributed by atoms with E-state index in [2.05, 4.69) is 15.5 Å². The molecule has 1 aliphatic rings. The number of hydrogen-bond donors (Lipinski definition) is 1. The number of amides is 2. The average Bonchev–Trinajstić information content (AvgIpc) is 3.11. The molecular weight excluding hydrogens is 372 g/mol. The van der Waals surface area contributed by atoms with Crippen LogP contribution < -0.4 is 10.1 Å². The van der Waals surface area contributed by atoms with Crippen molar-refractivity contribution in [3.8, 4) is 5.75 Å². The van der Waals surface area contributed by atoms with Crippen LogP contribution in [0.5, 0.6) is 5.75 Å². The van der Waals surface area contributed by atoms with Gasteiger partial charge in [0.25, 0.3) is 5.91 Å². The van der Waals surface area contributed by atoms with E-state index in [4.69, 9.17) is 20.9 Å². The third-order valence-corrected chi connectivity index (χ3v) is 4.63. The Hall–Kier alpha value is -2.61. The number of halogens is 1. The summed E-state index contributed by atoms with van der Waals surface area (Å²) < 4.78 is 10.5. The summed E-state index contributed by atoms with van der Waals surface area (Å²) in [5.41, 5.74) is 0. The molecule has 0 saturated carbocycles. The van der Waals surface area contributed by atoms with Crippen LogP contribution in [0.25, 0.3) is 0 Å². The van der Waals surface area contributed by atoms with Gasteiger partial charge in [0, 0.05) is 24.0 Å². The van der Waals surface area contributed by atoms with Crippen molar-refractivity contribution >= 4 is 23.4 Å². The fraction of sp³-hybridized carbons (Fsp3) is 0.444. The number of likely N-dealkylation sites (tertiary alicyclic amines) is 1. The lowest BCUT2D eigenvalue weighted by atomic mass is 9.96. The molecule has 1 aromatic heterocycles. The maximum Gasteiger partial charge on any atom is 0.260 e. The number of carbonyl (C=O) groups excluding carboxylic acids is 2. The van der Waals surface area contributed by atoms with Crippen molar-refractivity contribution in [1.29, 1.82) is 0 Å². The van der Waals surface area contributed by atoms with Crippen molar-refractivity contribution in [2.75, 3.05) is 19.7 Å². The van der Waals surface area contributed by atoms with E-state index in [1.165, 1.54) is 0 Å². The Balaban J connectivity index is 1.39. The molecule has 144 valence electrons. The molecule has 0 unspecified atom stereocenters. The molecule has 0 spiro atoms. The number of hydrogen-bond acceptors (Lipinski definition) is 6. The molecule has 2 heterocycles. The van der Waals surface area contributed by atoms with E-state index in [0.29, 0.717) is 48.4 Å². The minimum atomic E-state index is -0.129. The van der Waals surface area contributed by atoms with Gasteiger partial charge in [0.05, 0.1) is 6.54 Å². The van der Waals surface area contributed by atoms with Gasteiger partial charge < -0.3 is 19.5 Å². The highest BCUT2D eigenvalue weighted by Crippen LogP contribution is 2.19. The highest BCUT2D eigenvalue weighted by atomic mass is 35.5. The van der Waals surface area contributed by atoms with Crippen LogP contribution in [0.4, 0.5) is 0 Å². The summed E-state index contributed by atoms with van der Waals surface area (Å²) in [6.45, 7) is 2.96. The zero-order chi connectivity index (χ0) is 19.2. The van der Waals surface area contributed by atoms with E-state index >= 15 is 0 Å². The Morgan fingerprint density at radius 2 is 2.00 bits per heavy atom.